The summed E-state index contributed by atoms with van der Waals surface area (Å²) in [4.78, 5) is 2.11. The summed E-state index contributed by atoms with van der Waals surface area (Å²) >= 11 is 3.47. The predicted molar refractivity (Wildman–Crippen MR) is 78.9 cm³/mol. The fourth-order valence-corrected chi connectivity index (χ4v) is 2.30. The number of nitrogens with zero attached hydrogens (tertiary/aromatic N) is 1. The van der Waals surface area contributed by atoms with Gasteiger partial charge in [-0.15, -0.1) is 0 Å². The van der Waals surface area contributed by atoms with Crippen molar-refractivity contribution in [3.8, 4) is 5.75 Å². The number of anilines is 1. The molecule has 0 saturated carbocycles. The van der Waals surface area contributed by atoms with E-state index in [1.165, 1.54) is 12.1 Å². The summed E-state index contributed by atoms with van der Waals surface area (Å²) in [6, 6.07) is 11.6. The average molecular weight is 324 g/mol. The van der Waals surface area contributed by atoms with Crippen LogP contribution in [0, 0.1) is 5.82 Å². The van der Waals surface area contributed by atoms with Crippen molar-refractivity contribution in [1.29, 1.82) is 0 Å². The molecule has 2 rings (SSSR count). The molecule has 0 aliphatic carbocycles. The van der Waals surface area contributed by atoms with E-state index >= 15 is 0 Å². The zero-order valence-corrected chi connectivity index (χ0v) is 12.2. The van der Waals surface area contributed by atoms with Gasteiger partial charge in [0.2, 0.25) is 0 Å². The number of benzene rings is 2. The fourth-order valence-electron chi connectivity index (χ4n) is 1.93. The van der Waals surface area contributed by atoms with E-state index in [2.05, 4.69) is 20.8 Å². The lowest BCUT2D eigenvalue weighted by Crippen LogP contribution is -2.22. The molecule has 0 saturated heterocycles. The number of hydrogen-bond acceptors (Lipinski definition) is 2. The number of phenolic OH excluding ortho intramolecular Hbond substituents is 1. The van der Waals surface area contributed by atoms with E-state index in [-0.39, 0.29) is 11.6 Å². The van der Waals surface area contributed by atoms with Gasteiger partial charge in [0.15, 0.2) is 0 Å². The van der Waals surface area contributed by atoms with E-state index in [1.807, 2.05) is 13.0 Å². The molecule has 0 fully saturated rings. The van der Waals surface area contributed by atoms with Crippen molar-refractivity contribution < 1.29 is 9.50 Å². The lowest BCUT2D eigenvalue weighted by Gasteiger charge is -2.24. The molecule has 2 aromatic carbocycles. The average Bonchev–Trinajstić information content (AvgIpc) is 2.41. The highest BCUT2D eigenvalue weighted by Crippen LogP contribution is 2.25. The van der Waals surface area contributed by atoms with Gasteiger partial charge in [0, 0.05) is 23.2 Å². The number of rotatable bonds is 4. The molecule has 0 radical (unpaired) electrons. The molecular formula is C15H15BrFNO. The highest BCUT2D eigenvalue weighted by Gasteiger charge is 2.08. The van der Waals surface area contributed by atoms with E-state index in [0.717, 1.165) is 22.3 Å². The minimum atomic E-state index is -0.238. The molecular weight excluding hydrogens is 309 g/mol. The second-order valence-electron chi connectivity index (χ2n) is 4.27. The smallest absolute Gasteiger partial charge is 0.123 e. The van der Waals surface area contributed by atoms with Gasteiger partial charge in [-0.05, 0) is 55.0 Å². The molecule has 1 N–H and O–H groups in total. The van der Waals surface area contributed by atoms with Gasteiger partial charge >= 0.3 is 0 Å². The van der Waals surface area contributed by atoms with Crippen LogP contribution in [0.2, 0.25) is 0 Å². The van der Waals surface area contributed by atoms with Gasteiger partial charge in [-0.25, -0.2) is 4.39 Å². The molecule has 0 bridgehead atoms. The predicted octanol–water partition coefficient (Wildman–Crippen LogP) is 4.32. The zero-order chi connectivity index (χ0) is 13.8. The standard InChI is InChI=1S/C15H15BrFNO/c1-2-18(13-5-3-12(17)4-6-13)10-11-9-14(19)7-8-15(11)16/h3-9,19H,2,10H2,1H3. The minimum absolute atomic E-state index is 0.238. The largest absolute Gasteiger partial charge is 0.508 e. The van der Waals surface area contributed by atoms with Crippen LogP contribution < -0.4 is 4.90 Å². The lowest BCUT2D eigenvalue weighted by atomic mass is 10.2. The van der Waals surface area contributed by atoms with Crippen molar-refractivity contribution in [2.24, 2.45) is 0 Å². The van der Waals surface area contributed by atoms with Crippen molar-refractivity contribution in [2.45, 2.75) is 13.5 Å². The number of hydrogen-bond donors (Lipinski definition) is 1. The van der Waals surface area contributed by atoms with Crippen LogP contribution in [0.5, 0.6) is 5.75 Å². The van der Waals surface area contributed by atoms with Gasteiger partial charge in [-0.3, -0.25) is 0 Å². The van der Waals surface area contributed by atoms with E-state index in [0.29, 0.717) is 6.54 Å². The van der Waals surface area contributed by atoms with Crippen LogP contribution in [0.25, 0.3) is 0 Å². The van der Waals surface area contributed by atoms with Crippen molar-refractivity contribution in [2.75, 3.05) is 11.4 Å². The minimum Gasteiger partial charge on any atom is -0.508 e. The Morgan fingerprint density at radius 1 is 1.16 bits per heavy atom. The molecule has 4 heteroatoms. The Morgan fingerprint density at radius 3 is 2.47 bits per heavy atom. The summed E-state index contributed by atoms with van der Waals surface area (Å²) in [5.41, 5.74) is 1.95. The molecule has 2 nitrogen and oxygen atoms in total. The molecule has 0 aliphatic heterocycles. The molecule has 0 spiro atoms. The Bertz CT molecular complexity index is 557. The van der Waals surface area contributed by atoms with Gasteiger partial charge in [0.25, 0.3) is 0 Å². The first-order valence-corrected chi connectivity index (χ1v) is 6.87. The highest BCUT2D eigenvalue weighted by molar-refractivity contribution is 9.10. The van der Waals surface area contributed by atoms with Crippen molar-refractivity contribution in [3.63, 3.8) is 0 Å². The van der Waals surface area contributed by atoms with Crippen molar-refractivity contribution in [1.82, 2.24) is 0 Å². The molecule has 0 aliphatic rings. The topological polar surface area (TPSA) is 23.5 Å². The fraction of sp³-hybridized carbons (Fsp3) is 0.200. The third kappa shape index (κ3) is 3.47. The number of halogens is 2. The van der Waals surface area contributed by atoms with E-state index in [4.69, 9.17) is 0 Å². The number of aromatic hydroxyl groups is 1. The third-order valence-corrected chi connectivity index (χ3v) is 3.74. The second-order valence-corrected chi connectivity index (χ2v) is 5.12. The monoisotopic (exact) mass is 323 g/mol. The summed E-state index contributed by atoms with van der Waals surface area (Å²) < 4.78 is 13.9. The Balaban J connectivity index is 2.23. The first-order chi connectivity index (χ1) is 9.10. The molecule has 0 heterocycles. The van der Waals surface area contributed by atoms with Crippen LogP contribution in [-0.4, -0.2) is 11.7 Å². The maximum Gasteiger partial charge on any atom is 0.123 e. The summed E-state index contributed by atoms with van der Waals surface area (Å²) in [7, 11) is 0. The van der Waals surface area contributed by atoms with Crippen molar-refractivity contribution in [3.05, 3.63) is 58.3 Å². The Morgan fingerprint density at radius 2 is 1.84 bits per heavy atom. The first-order valence-electron chi connectivity index (χ1n) is 6.08. The van der Waals surface area contributed by atoms with Crippen LogP contribution in [0.15, 0.2) is 46.9 Å². The highest BCUT2D eigenvalue weighted by atomic mass is 79.9. The molecule has 0 atom stereocenters. The molecule has 0 unspecified atom stereocenters. The molecule has 19 heavy (non-hydrogen) atoms. The molecule has 0 amide bonds. The quantitative estimate of drug-likeness (QED) is 0.905. The van der Waals surface area contributed by atoms with Gasteiger partial charge in [0.1, 0.15) is 11.6 Å². The summed E-state index contributed by atoms with van der Waals surface area (Å²) in [5.74, 6) is 0.00620. The Hall–Kier alpha value is -1.55. The van der Waals surface area contributed by atoms with Crippen LogP contribution in [0.4, 0.5) is 10.1 Å². The van der Waals surface area contributed by atoms with E-state index in [1.54, 1.807) is 24.3 Å². The van der Waals surface area contributed by atoms with Crippen LogP contribution >= 0.6 is 15.9 Å². The normalized spacial score (nSPS) is 10.5. The van der Waals surface area contributed by atoms with Gasteiger partial charge in [-0.2, -0.15) is 0 Å². The second kappa shape index (κ2) is 6.06. The number of phenols is 1. The lowest BCUT2D eigenvalue weighted by molar-refractivity contribution is 0.474. The van der Waals surface area contributed by atoms with Crippen LogP contribution in [-0.2, 0) is 6.54 Å². The SMILES string of the molecule is CCN(Cc1cc(O)ccc1Br)c1ccc(F)cc1. The molecule has 100 valence electrons. The summed E-state index contributed by atoms with van der Waals surface area (Å²) in [6.07, 6.45) is 0. The zero-order valence-electron chi connectivity index (χ0n) is 10.6. The Kier molecular flexibility index (Phi) is 4.43. The van der Waals surface area contributed by atoms with E-state index < -0.39 is 0 Å². The van der Waals surface area contributed by atoms with Crippen molar-refractivity contribution >= 4 is 21.6 Å². The van der Waals surface area contributed by atoms with E-state index in [9.17, 15) is 9.50 Å². The summed E-state index contributed by atoms with van der Waals surface area (Å²) in [5, 5.41) is 9.54. The molecule has 2 aromatic rings. The Labute approximate surface area is 120 Å². The van der Waals surface area contributed by atoms with Gasteiger partial charge in [0.05, 0.1) is 0 Å². The van der Waals surface area contributed by atoms with Crippen LogP contribution in [0.3, 0.4) is 0 Å². The van der Waals surface area contributed by atoms with Gasteiger partial charge in [-0.1, -0.05) is 15.9 Å². The maximum atomic E-state index is 12.9. The maximum absolute atomic E-state index is 12.9. The molecule has 0 aromatic heterocycles. The summed E-state index contributed by atoms with van der Waals surface area (Å²) in [6.45, 7) is 3.49. The third-order valence-electron chi connectivity index (χ3n) is 2.96. The first kappa shape index (κ1) is 13.9. The van der Waals surface area contributed by atoms with Gasteiger partial charge < -0.3 is 10.0 Å². The van der Waals surface area contributed by atoms with Crippen LogP contribution in [0.1, 0.15) is 12.5 Å².